The number of hydrogen-bond acceptors (Lipinski definition) is 3. The van der Waals surface area contributed by atoms with Crippen LogP contribution in [0.25, 0.3) is 10.9 Å². The molecule has 0 aliphatic carbocycles. The van der Waals surface area contributed by atoms with Crippen LogP contribution in [0, 0.1) is 13.8 Å². The quantitative estimate of drug-likeness (QED) is 0.741. The smallest absolute Gasteiger partial charge is 0.261 e. The standard InChI is InChI=1S/C16H18N4O/c1-11-5-6-14-15(13(11)3)17-10-20(16(14)21)12(2)9-19-8-4-7-18-19/h4-8,10,12H,9H2,1-3H3/t12-/m0/s1. The number of rotatable bonds is 3. The second-order valence-corrected chi connectivity index (χ2v) is 5.44. The molecule has 0 unspecified atom stereocenters. The summed E-state index contributed by atoms with van der Waals surface area (Å²) in [7, 11) is 0. The van der Waals surface area contributed by atoms with Crippen molar-refractivity contribution in [2.24, 2.45) is 0 Å². The van der Waals surface area contributed by atoms with Crippen molar-refractivity contribution in [3.63, 3.8) is 0 Å². The normalized spacial score (nSPS) is 12.7. The van der Waals surface area contributed by atoms with Gasteiger partial charge in [-0.2, -0.15) is 5.10 Å². The fourth-order valence-electron chi connectivity index (χ4n) is 2.53. The minimum absolute atomic E-state index is 0.00255. The highest BCUT2D eigenvalue weighted by atomic mass is 16.1. The highest BCUT2D eigenvalue weighted by Crippen LogP contribution is 2.17. The van der Waals surface area contributed by atoms with Crippen LogP contribution >= 0.6 is 0 Å². The number of aromatic nitrogens is 4. The Morgan fingerprint density at radius 3 is 2.81 bits per heavy atom. The van der Waals surface area contributed by atoms with Gasteiger partial charge in [0.1, 0.15) is 0 Å². The third-order valence-electron chi connectivity index (χ3n) is 3.96. The first-order chi connectivity index (χ1) is 10.1. The van der Waals surface area contributed by atoms with Gasteiger partial charge in [0.15, 0.2) is 0 Å². The summed E-state index contributed by atoms with van der Waals surface area (Å²) >= 11 is 0. The maximum atomic E-state index is 12.7. The molecule has 0 fully saturated rings. The number of benzene rings is 1. The monoisotopic (exact) mass is 282 g/mol. The Morgan fingerprint density at radius 1 is 1.29 bits per heavy atom. The molecule has 0 amide bonds. The topological polar surface area (TPSA) is 52.7 Å². The van der Waals surface area contributed by atoms with Crippen LogP contribution in [-0.4, -0.2) is 19.3 Å². The Kier molecular flexibility index (Phi) is 3.33. The molecule has 3 aromatic rings. The Balaban J connectivity index is 2.06. The molecule has 0 bridgehead atoms. The molecule has 0 aliphatic heterocycles. The summed E-state index contributed by atoms with van der Waals surface area (Å²) in [6.07, 6.45) is 5.27. The lowest BCUT2D eigenvalue weighted by Crippen LogP contribution is -2.26. The summed E-state index contributed by atoms with van der Waals surface area (Å²) in [5.41, 5.74) is 3.01. The number of fused-ring (bicyclic) bond motifs is 1. The molecule has 1 atom stereocenters. The molecule has 1 aromatic carbocycles. The summed E-state index contributed by atoms with van der Waals surface area (Å²) in [5.74, 6) is 0. The lowest BCUT2D eigenvalue weighted by atomic mass is 10.1. The van der Waals surface area contributed by atoms with Gasteiger partial charge in [-0.3, -0.25) is 14.0 Å². The Labute approximate surface area is 122 Å². The summed E-state index contributed by atoms with van der Waals surface area (Å²) in [4.78, 5) is 17.1. The van der Waals surface area contributed by atoms with Crippen molar-refractivity contribution in [3.05, 3.63) is 58.4 Å². The molecule has 21 heavy (non-hydrogen) atoms. The van der Waals surface area contributed by atoms with Crippen LogP contribution < -0.4 is 5.56 Å². The first-order valence-corrected chi connectivity index (χ1v) is 7.02. The van der Waals surface area contributed by atoms with Gasteiger partial charge in [0.2, 0.25) is 0 Å². The maximum absolute atomic E-state index is 12.7. The first kappa shape index (κ1) is 13.5. The van der Waals surface area contributed by atoms with Crippen LogP contribution in [0.3, 0.4) is 0 Å². The van der Waals surface area contributed by atoms with E-state index in [-0.39, 0.29) is 11.6 Å². The molecule has 0 radical (unpaired) electrons. The second kappa shape index (κ2) is 5.16. The fourth-order valence-corrected chi connectivity index (χ4v) is 2.53. The lowest BCUT2D eigenvalue weighted by Gasteiger charge is -2.16. The molecule has 5 heteroatoms. The van der Waals surface area contributed by atoms with E-state index in [0.717, 1.165) is 16.6 Å². The molecule has 2 heterocycles. The molecule has 108 valence electrons. The molecular weight excluding hydrogens is 264 g/mol. The number of aryl methyl sites for hydroxylation is 2. The van der Waals surface area contributed by atoms with Crippen LogP contribution in [0.1, 0.15) is 24.1 Å². The largest absolute Gasteiger partial charge is 0.294 e. The zero-order valence-corrected chi connectivity index (χ0v) is 12.4. The van der Waals surface area contributed by atoms with Crippen molar-refractivity contribution in [3.8, 4) is 0 Å². The highest BCUT2D eigenvalue weighted by molar-refractivity contribution is 5.81. The van der Waals surface area contributed by atoms with Crippen molar-refractivity contribution in [1.29, 1.82) is 0 Å². The van der Waals surface area contributed by atoms with Gasteiger partial charge >= 0.3 is 0 Å². The van der Waals surface area contributed by atoms with E-state index in [0.29, 0.717) is 11.9 Å². The minimum atomic E-state index is -0.00379. The van der Waals surface area contributed by atoms with Gasteiger partial charge in [0, 0.05) is 12.4 Å². The van der Waals surface area contributed by atoms with Crippen molar-refractivity contribution >= 4 is 10.9 Å². The predicted octanol–water partition coefficient (Wildman–Crippen LogP) is 2.47. The van der Waals surface area contributed by atoms with E-state index in [1.165, 1.54) is 0 Å². The molecule has 3 rings (SSSR count). The van der Waals surface area contributed by atoms with Crippen LogP contribution in [0.4, 0.5) is 0 Å². The highest BCUT2D eigenvalue weighted by Gasteiger charge is 2.12. The third-order valence-corrected chi connectivity index (χ3v) is 3.96. The summed E-state index contributed by atoms with van der Waals surface area (Å²) in [5, 5.41) is 4.85. The first-order valence-electron chi connectivity index (χ1n) is 7.02. The van der Waals surface area contributed by atoms with Crippen LogP contribution in [0.15, 0.2) is 41.7 Å². The van der Waals surface area contributed by atoms with Crippen molar-refractivity contribution in [2.45, 2.75) is 33.4 Å². The Hall–Kier alpha value is -2.43. The van der Waals surface area contributed by atoms with Crippen LogP contribution in [0.5, 0.6) is 0 Å². The number of nitrogens with zero attached hydrogens (tertiary/aromatic N) is 4. The lowest BCUT2D eigenvalue weighted by molar-refractivity contribution is 0.426. The fraction of sp³-hybridized carbons (Fsp3) is 0.312. The van der Waals surface area contributed by atoms with Gasteiger partial charge in [-0.25, -0.2) is 4.98 Å². The zero-order valence-electron chi connectivity index (χ0n) is 12.4. The summed E-state index contributed by atoms with van der Waals surface area (Å²) < 4.78 is 3.50. The van der Waals surface area contributed by atoms with E-state index in [1.54, 1.807) is 17.1 Å². The van der Waals surface area contributed by atoms with Gasteiger partial charge < -0.3 is 0 Å². The Bertz CT molecular complexity index is 833. The van der Waals surface area contributed by atoms with E-state index in [2.05, 4.69) is 10.1 Å². The van der Waals surface area contributed by atoms with Crippen molar-refractivity contribution in [1.82, 2.24) is 19.3 Å². The maximum Gasteiger partial charge on any atom is 0.261 e. The predicted molar refractivity (Wildman–Crippen MR) is 82.4 cm³/mol. The van der Waals surface area contributed by atoms with Crippen molar-refractivity contribution in [2.75, 3.05) is 0 Å². The summed E-state index contributed by atoms with van der Waals surface area (Å²) in [6.45, 7) is 6.67. The molecule has 0 saturated carbocycles. The van der Waals surface area contributed by atoms with Crippen LogP contribution in [-0.2, 0) is 6.54 Å². The van der Waals surface area contributed by atoms with E-state index < -0.39 is 0 Å². The zero-order chi connectivity index (χ0) is 15.0. The van der Waals surface area contributed by atoms with E-state index in [4.69, 9.17) is 0 Å². The van der Waals surface area contributed by atoms with Gasteiger partial charge in [-0.05, 0) is 44.0 Å². The van der Waals surface area contributed by atoms with Gasteiger partial charge in [0.25, 0.3) is 5.56 Å². The van der Waals surface area contributed by atoms with E-state index in [1.807, 2.05) is 49.8 Å². The molecule has 0 N–H and O–H groups in total. The average molecular weight is 282 g/mol. The molecule has 0 saturated heterocycles. The van der Waals surface area contributed by atoms with E-state index in [9.17, 15) is 4.79 Å². The molecular formula is C16H18N4O. The van der Waals surface area contributed by atoms with Gasteiger partial charge in [-0.15, -0.1) is 0 Å². The van der Waals surface area contributed by atoms with Gasteiger partial charge in [-0.1, -0.05) is 6.07 Å². The summed E-state index contributed by atoms with van der Waals surface area (Å²) in [6, 6.07) is 5.71. The molecule has 0 spiro atoms. The molecule has 0 aliphatic rings. The molecule has 2 aromatic heterocycles. The molecule has 5 nitrogen and oxygen atoms in total. The van der Waals surface area contributed by atoms with Crippen LogP contribution in [0.2, 0.25) is 0 Å². The minimum Gasteiger partial charge on any atom is -0.294 e. The van der Waals surface area contributed by atoms with E-state index >= 15 is 0 Å². The Morgan fingerprint density at radius 2 is 2.10 bits per heavy atom. The SMILES string of the molecule is Cc1ccc2c(=O)n([C@@H](C)Cn3cccn3)cnc2c1C. The average Bonchev–Trinajstić information content (AvgIpc) is 2.96. The third kappa shape index (κ3) is 2.35. The second-order valence-electron chi connectivity index (χ2n) is 5.44. The van der Waals surface area contributed by atoms with Gasteiger partial charge in [0.05, 0.1) is 29.8 Å². The number of hydrogen-bond donors (Lipinski definition) is 0. The van der Waals surface area contributed by atoms with Crippen molar-refractivity contribution < 1.29 is 0 Å².